The molecule has 0 unspecified atom stereocenters. The molecule has 0 saturated heterocycles. The molecule has 2 heterocycles. The van der Waals surface area contributed by atoms with Gasteiger partial charge in [0.15, 0.2) is 0 Å². The quantitative estimate of drug-likeness (QED) is 0.733. The van der Waals surface area contributed by atoms with E-state index < -0.39 is 0 Å². The van der Waals surface area contributed by atoms with E-state index in [0.29, 0.717) is 12.5 Å². The van der Waals surface area contributed by atoms with Crippen LogP contribution in [-0.2, 0) is 6.61 Å². The Balaban J connectivity index is 1.82. The van der Waals surface area contributed by atoms with Crippen LogP contribution in [0.2, 0.25) is 0 Å². The van der Waals surface area contributed by atoms with Crippen molar-refractivity contribution in [2.24, 2.45) is 0 Å². The predicted octanol–water partition coefficient (Wildman–Crippen LogP) is 3.97. The number of ether oxygens (including phenoxy) is 1. The van der Waals surface area contributed by atoms with Gasteiger partial charge in [-0.15, -0.1) is 0 Å². The van der Waals surface area contributed by atoms with E-state index in [2.05, 4.69) is 25.9 Å². The second kappa shape index (κ2) is 5.36. The number of aromatic nitrogens is 2. The van der Waals surface area contributed by atoms with Crippen molar-refractivity contribution in [3.63, 3.8) is 0 Å². The van der Waals surface area contributed by atoms with Crippen LogP contribution in [0.5, 0.6) is 5.88 Å². The van der Waals surface area contributed by atoms with Crippen molar-refractivity contribution in [2.45, 2.75) is 6.61 Å². The van der Waals surface area contributed by atoms with Crippen LogP contribution >= 0.6 is 15.9 Å². The Hall–Kier alpha value is -1.94. The van der Waals surface area contributed by atoms with E-state index in [1.165, 1.54) is 0 Å². The molecule has 94 valence electrons. The van der Waals surface area contributed by atoms with Crippen molar-refractivity contribution in [1.29, 1.82) is 0 Å². The van der Waals surface area contributed by atoms with Crippen LogP contribution in [0.3, 0.4) is 0 Å². The number of fused-ring (bicyclic) bond motifs is 1. The van der Waals surface area contributed by atoms with Crippen LogP contribution in [-0.4, -0.2) is 9.97 Å². The number of pyridine rings is 2. The lowest BCUT2D eigenvalue weighted by Crippen LogP contribution is -1.97. The second-order valence-electron chi connectivity index (χ2n) is 4.13. The molecule has 3 nitrogen and oxygen atoms in total. The molecule has 4 heteroatoms. The first-order chi connectivity index (χ1) is 9.33. The highest BCUT2D eigenvalue weighted by atomic mass is 79.9. The van der Waals surface area contributed by atoms with E-state index in [0.717, 1.165) is 20.8 Å². The number of benzene rings is 1. The van der Waals surface area contributed by atoms with Crippen LogP contribution in [0.4, 0.5) is 0 Å². The van der Waals surface area contributed by atoms with Crippen molar-refractivity contribution in [1.82, 2.24) is 9.97 Å². The van der Waals surface area contributed by atoms with E-state index in [9.17, 15) is 0 Å². The summed E-state index contributed by atoms with van der Waals surface area (Å²) in [6.45, 7) is 0.473. The molecular formula is C15H11BrN2O. The molecule has 0 aliphatic carbocycles. The molecule has 0 spiro atoms. The predicted molar refractivity (Wildman–Crippen MR) is 78.0 cm³/mol. The fourth-order valence-electron chi connectivity index (χ4n) is 1.83. The second-order valence-corrected chi connectivity index (χ2v) is 4.99. The minimum Gasteiger partial charge on any atom is -0.473 e. The van der Waals surface area contributed by atoms with Crippen LogP contribution < -0.4 is 4.74 Å². The van der Waals surface area contributed by atoms with Crippen molar-refractivity contribution >= 4 is 26.7 Å². The molecule has 3 rings (SSSR count). The molecule has 0 atom stereocenters. The molecule has 0 bridgehead atoms. The van der Waals surface area contributed by atoms with Gasteiger partial charge in [-0.2, -0.15) is 0 Å². The molecule has 2 aromatic heterocycles. The minimum atomic E-state index is 0.473. The summed E-state index contributed by atoms with van der Waals surface area (Å²) in [4.78, 5) is 8.36. The summed E-state index contributed by atoms with van der Waals surface area (Å²) in [7, 11) is 0. The van der Waals surface area contributed by atoms with Crippen molar-refractivity contribution in [2.75, 3.05) is 0 Å². The Bertz CT molecular complexity index is 701. The Morgan fingerprint density at radius 2 is 2.05 bits per heavy atom. The summed E-state index contributed by atoms with van der Waals surface area (Å²) in [6, 6.07) is 11.8. The first kappa shape index (κ1) is 12.1. The van der Waals surface area contributed by atoms with Gasteiger partial charge < -0.3 is 4.74 Å². The highest BCUT2D eigenvalue weighted by Crippen LogP contribution is 2.25. The number of hydrogen-bond acceptors (Lipinski definition) is 3. The van der Waals surface area contributed by atoms with E-state index >= 15 is 0 Å². The Labute approximate surface area is 119 Å². The fourth-order valence-corrected chi connectivity index (χ4v) is 2.32. The molecular weight excluding hydrogens is 304 g/mol. The topological polar surface area (TPSA) is 35.0 Å². The van der Waals surface area contributed by atoms with E-state index in [1.54, 1.807) is 12.4 Å². The normalized spacial score (nSPS) is 10.6. The highest BCUT2D eigenvalue weighted by molar-refractivity contribution is 9.10. The van der Waals surface area contributed by atoms with Crippen LogP contribution in [0.15, 0.2) is 59.5 Å². The smallest absolute Gasteiger partial charge is 0.214 e. The lowest BCUT2D eigenvalue weighted by molar-refractivity contribution is 0.294. The molecule has 3 aromatic rings. The van der Waals surface area contributed by atoms with Gasteiger partial charge in [-0.05, 0) is 17.5 Å². The average molecular weight is 315 g/mol. The third-order valence-corrected chi connectivity index (χ3v) is 3.49. The maximum Gasteiger partial charge on any atom is 0.214 e. The summed E-state index contributed by atoms with van der Waals surface area (Å²) in [6.07, 6.45) is 5.35. The average Bonchev–Trinajstić information content (AvgIpc) is 2.46. The van der Waals surface area contributed by atoms with Gasteiger partial charge in [-0.1, -0.05) is 34.1 Å². The SMILES string of the molecule is Brc1cccc2cc(OCc3cccnc3)ncc12. The van der Waals surface area contributed by atoms with Gasteiger partial charge in [0, 0.05) is 40.1 Å². The lowest BCUT2D eigenvalue weighted by Gasteiger charge is -2.06. The van der Waals surface area contributed by atoms with Gasteiger partial charge in [0.25, 0.3) is 0 Å². The first-order valence-electron chi connectivity index (χ1n) is 5.89. The molecule has 1 aromatic carbocycles. The van der Waals surface area contributed by atoms with Gasteiger partial charge in [-0.3, -0.25) is 4.98 Å². The molecule has 0 fully saturated rings. The van der Waals surface area contributed by atoms with Gasteiger partial charge in [-0.25, -0.2) is 4.98 Å². The van der Waals surface area contributed by atoms with E-state index in [4.69, 9.17) is 4.74 Å². The maximum absolute atomic E-state index is 5.67. The van der Waals surface area contributed by atoms with Crippen LogP contribution in [0, 0.1) is 0 Å². The van der Waals surface area contributed by atoms with Gasteiger partial charge >= 0.3 is 0 Å². The Kier molecular flexibility index (Phi) is 3.42. The summed E-state index contributed by atoms with van der Waals surface area (Å²) < 4.78 is 6.71. The van der Waals surface area contributed by atoms with E-state index in [-0.39, 0.29) is 0 Å². The third kappa shape index (κ3) is 2.74. The largest absolute Gasteiger partial charge is 0.473 e. The number of nitrogens with zero attached hydrogens (tertiary/aromatic N) is 2. The molecule has 0 aliphatic rings. The number of halogens is 1. The molecule has 0 N–H and O–H groups in total. The van der Waals surface area contributed by atoms with Crippen molar-refractivity contribution < 1.29 is 4.74 Å². The maximum atomic E-state index is 5.67. The van der Waals surface area contributed by atoms with E-state index in [1.807, 2.05) is 42.6 Å². The number of hydrogen-bond donors (Lipinski definition) is 0. The Morgan fingerprint density at radius 1 is 1.11 bits per heavy atom. The van der Waals surface area contributed by atoms with Crippen LogP contribution in [0.1, 0.15) is 5.56 Å². The third-order valence-electron chi connectivity index (χ3n) is 2.80. The zero-order valence-corrected chi connectivity index (χ0v) is 11.7. The molecule has 0 saturated carbocycles. The van der Waals surface area contributed by atoms with Gasteiger partial charge in [0.1, 0.15) is 6.61 Å². The van der Waals surface area contributed by atoms with Crippen molar-refractivity contribution in [3.05, 3.63) is 65.0 Å². The zero-order valence-electron chi connectivity index (χ0n) is 10.1. The van der Waals surface area contributed by atoms with Gasteiger partial charge in [0.2, 0.25) is 5.88 Å². The lowest BCUT2D eigenvalue weighted by atomic mass is 10.2. The zero-order chi connectivity index (χ0) is 13.1. The number of rotatable bonds is 3. The molecule has 0 aliphatic heterocycles. The fraction of sp³-hybridized carbons (Fsp3) is 0.0667. The first-order valence-corrected chi connectivity index (χ1v) is 6.68. The summed E-state index contributed by atoms with van der Waals surface area (Å²) in [5.74, 6) is 0.620. The molecule has 19 heavy (non-hydrogen) atoms. The Morgan fingerprint density at radius 3 is 2.89 bits per heavy atom. The molecule has 0 amide bonds. The molecule has 0 radical (unpaired) electrons. The standard InChI is InChI=1S/C15H11BrN2O/c16-14-5-1-4-12-7-15(18-9-13(12)14)19-10-11-3-2-6-17-8-11/h1-9H,10H2. The minimum absolute atomic E-state index is 0.473. The van der Waals surface area contributed by atoms with Gasteiger partial charge in [0.05, 0.1) is 0 Å². The highest BCUT2D eigenvalue weighted by Gasteiger charge is 2.02. The summed E-state index contributed by atoms with van der Waals surface area (Å²) in [5, 5.41) is 2.18. The summed E-state index contributed by atoms with van der Waals surface area (Å²) in [5.41, 5.74) is 1.03. The van der Waals surface area contributed by atoms with Crippen molar-refractivity contribution in [3.8, 4) is 5.88 Å². The van der Waals surface area contributed by atoms with Crippen LogP contribution in [0.25, 0.3) is 10.8 Å². The monoisotopic (exact) mass is 314 g/mol. The summed E-state index contributed by atoms with van der Waals surface area (Å²) >= 11 is 3.51.